The molecule has 0 aromatic heterocycles. The Kier molecular flexibility index (Phi) is 4.08. The number of benzene rings is 1. The Morgan fingerprint density at radius 2 is 1.78 bits per heavy atom. The molecule has 0 atom stereocenters. The molecule has 0 radical (unpaired) electrons. The highest BCUT2D eigenvalue weighted by atomic mass is 16.3. The maximum atomic E-state index is 10.6. The van der Waals surface area contributed by atoms with Crippen LogP contribution in [-0.2, 0) is 6.42 Å². The Hall–Kier alpha value is -0.860. The van der Waals surface area contributed by atoms with E-state index in [9.17, 15) is 5.11 Å². The normalized spacial score (nSPS) is 28.6. The average Bonchev–Trinajstić information content (AvgIpc) is 2.34. The van der Waals surface area contributed by atoms with Crippen LogP contribution in [-0.4, -0.2) is 16.7 Å². The highest BCUT2D eigenvalue weighted by molar-refractivity contribution is 5.25. The zero-order valence-corrected chi connectivity index (χ0v) is 11.5. The fourth-order valence-corrected chi connectivity index (χ4v) is 2.75. The topological polar surface area (TPSA) is 46.2 Å². The van der Waals surface area contributed by atoms with Crippen molar-refractivity contribution >= 4 is 0 Å². The molecule has 1 fully saturated rings. The van der Waals surface area contributed by atoms with Gasteiger partial charge in [0.1, 0.15) is 0 Å². The molecular formula is C16H25NO. The van der Waals surface area contributed by atoms with Gasteiger partial charge in [0.05, 0.1) is 5.60 Å². The SMILES string of the molecule is CC(C)c1ccc(CC2(O)CCC(N)CC2)cc1. The van der Waals surface area contributed by atoms with Crippen LogP contribution in [0.15, 0.2) is 24.3 Å². The molecule has 18 heavy (non-hydrogen) atoms. The molecule has 2 heteroatoms. The van der Waals surface area contributed by atoms with Crippen LogP contribution in [0.25, 0.3) is 0 Å². The molecule has 0 spiro atoms. The molecule has 0 bridgehead atoms. The summed E-state index contributed by atoms with van der Waals surface area (Å²) in [5, 5.41) is 10.6. The summed E-state index contributed by atoms with van der Waals surface area (Å²) in [6, 6.07) is 8.95. The van der Waals surface area contributed by atoms with E-state index in [0.717, 1.165) is 32.1 Å². The van der Waals surface area contributed by atoms with Crippen molar-refractivity contribution in [2.24, 2.45) is 5.73 Å². The van der Waals surface area contributed by atoms with Gasteiger partial charge in [-0.3, -0.25) is 0 Å². The summed E-state index contributed by atoms with van der Waals surface area (Å²) in [4.78, 5) is 0. The van der Waals surface area contributed by atoms with Gasteiger partial charge in [-0.05, 0) is 42.7 Å². The van der Waals surface area contributed by atoms with E-state index in [1.54, 1.807) is 0 Å². The fraction of sp³-hybridized carbons (Fsp3) is 0.625. The molecule has 1 aromatic carbocycles. The number of nitrogens with two attached hydrogens (primary N) is 1. The molecular weight excluding hydrogens is 222 g/mol. The van der Waals surface area contributed by atoms with E-state index >= 15 is 0 Å². The Balaban J connectivity index is 2.00. The number of hydrogen-bond acceptors (Lipinski definition) is 2. The van der Waals surface area contributed by atoms with Gasteiger partial charge >= 0.3 is 0 Å². The first-order chi connectivity index (χ1) is 8.48. The van der Waals surface area contributed by atoms with E-state index < -0.39 is 5.60 Å². The van der Waals surface area contributed by atoms with Crippen LogP contribution >= 0.6 is 0 Å². The second-order valence-corrected chi connectivity index (χ2v) is 6.13. The Bertz CT molecular complexity index is 375. The van der Waals surface area contributed by atoms with E-state index in [-0.39, 0.29) is 6.04 Å². The maximum absolute atomic E-state index is 10.6. The number of hydrogen-bond donors (Lipinski definition) is 2. The summed E-state index contributed by atoms with van der Waals surface area (Å²) < 4.78 is 0. The van der Waals surface area contributed by atoms with Gasteiger partial charge in [0.2, 0.25) is 0 Å². The average molecular weight is 247 g/mol. The minimum atomic E-state index is -0.533. The molecule has 0 aliphatic heterocycles. The second-order valence-electron chi connectivity index (χ2n) is 6.13. The van der Waals surface area contributed by atoms with Crippen molar-refractivity contribution < 1.29 is 5.11 Å². The van der Waals surface area contributed by atoms with Crippen LogP contribution in [0.5, 0.6) is 0 Å². The van der Waals surface area contributed by atoms with Crippen molar-refractivity contribution in [2.45, 2.75) is 63.5 Å². The minimum absolute atomic E-state index is 0.286. The molecule has 0 amide bonds. The highest BCUT2D eigenvalue weighted by Gasteiger charge is 2.31. The zero-order chi connectivity index (χ0) is 13.2. The first-order valence-corrected chi connectivity index (χ1v) is 7.05. The van der Waals surface area contributed by atoms with E-state index in [0.29, 0.717) is 5.92 Å². The van der Waals surface area contributed by atoms with Gasteiger partial charge in [-0.1, -0.05) is 38.1 Å². The van der Waals surface area contributed by atoms with Gasteiger partial charge in [0.25, 0.3) is 0 Å². The van der Waals surface area contributed by atoms with Crippen molar-refractivity contribution in [1.29, 1.82) is 0 Å². The van der Waals surface area contributed by atoms with Crippen molar-refractivity contribution in [3.63, 3.8) is 0 Å². The Morgan fingerprint density at radius 1 is 1.22 bits per heavy atom. The van der Waals surface area contributed by atoms with E-state index in [1.165, 1.54) is 11.1 Å². The third kappa shape index (κ3) is 3.33. The molecule has 1 saturated carbocycles. The Labute approximate surface area is 110 Å². The third-order valence-electron chi connectivity index (χ3n) is 4.14. The molecule has 2 rings (SSSR count). The van der Waals surface area contributed by atoms with Crippen molar-refractivity contribution in [3.05, 3.63) is 35.4 Å². The zero-order valence-electron chi connectivity index (χ0n) is 11.5. The summed E-state index contributed by atoms with van der Waals surface area (Å²) >= 11 is 0. The van der Waals surface area contributed by atoms with E-state index in [2.05, 4.69) is 38.1 Å². The lowest BCUT2D eigenvalue weighted by atomic mass is 9.78. The molecule has 0 saturated heterocycles. The number of rotatable bonds is 3. The molecule has 1 aliphatic carbocycles. The molecule has 2 nitrogen and oxygen atoms in total. The lowest BCUT2D eigenvalue weighted by Gasteiger charge is -2.35. The predicted octanol–water partition coefficient (Wildman–Crippen LogP) is 2.98. The smallest absolute Gasteiger partial charge is 0.0689 e. The van der Waals surface area contributed by atoms with Crippen molar-refractivity contribution in [1.82, 2.24) is 0 Å². The first kappa shape index (κ1) is 13.6. The minimum Gasteiger partial charge on any atom is -0.390 e. The summed E-state index contributed by atoms with van der Waals surface area (Å²) in [6.45, 7) is 4.40. The molecule has 3 N–H and O–H groups in total. The lowest BCUT2D eigenvalue weighted by Crippen LogP contribution is -2.40. The standard InChI is InChI=1S/C16H25NO/c1-12(2)14-5-3-13(4-6-14)11-16(18)9-7-15(17)8-10-16/h3-6,12,15,18H,7-11,17H2,1-2H3. The predicted molar refractivity (Wildman–Crippen MR) is 75.6 cm³/mol. The van der Waals surface area contributed by atoms with Crippen molar-refractivity contribution in [2.75, 3.05) is 0 Å². The summed E-state index contributed by atoms with van der Waals surface area (Å²) in [7, 11) is 0. The summed E-state index contributed by atoms with van der Waals surface area (Å²) in [5.41, 5.74) is 7.95. The van der Waals surface area contributed by atoms with Gasteiger partial charge in [-0.25, -0.2) is 0 Å². The van der Waals surface area contributed by atoms with Gasteiger partial charge in [-0.15, -0.1) is 0 Å². The van der Waals surface area contributed by atoms with Crippen LogP contribution in [0, 0.1) is 0 Å². The second kappa shape index (κ2) is 5.41. The number of aliphatic hydroxyl groups is 1. The molecule has 0 unspecified atom stereocenters. The van der Waals surface area contributed by atoms with Crippen molar-refractivity contribution in [3.8, 4) is 0 Å². The molecule has 100 valence electrons. The lowest BCUT2D eigenvalue weighted by molar-refractivity contribution is 0.000213. The monoisotopic (exact) mass is 247 g/mol. The van der Waals surface area contributed by atoms with Crippen LogP contribution in [0.4, 0.5) is 0 Å². The fourth-order valence-electron chi connectivity index (χ4n) is 2.75. The van der Waals surface area contributed by atoms with Gasteiger partial charge < -0.3 is 10.8 Å². The highest BCUT2D eigenvalue weighted by Crippen LogP contribution is 2.31. The van der Waals surface area contributed by atoms with Crippen LogP contribution in [0.1, 0.15) is 56.6 Å². The summed E-state index contributed by atoms with van der Waals surface area (Å²) in [6.07, 6.45) is 4.32. The van der Waals surface area contributed by atoms with Crippen LogP contribution in [0.3, 0.4) is 0 Å². The molecule has 1 aromatic rings. The molecule has 0 heterocycles. The van der Waals surface area contributed by atoms with Gasteiger partial charge in [0, 0.05) is 12.5 Å². The van der Waals surface area contributed by atoms with Crippen LogP contribution in [0.2, 0.25) is 0 Å². The van der Waals surface area contributed by atoms with Crippen LogP contribution < -0.4 is 5.73 Å². The van der Waals surface area contributed by atoms with E-state index in [1.807, 2.05) is 0 Å². The third-order valence-corrected chi connectivity index (χ3v) is 4.14. The van der Waals surface area contributed by atoms with Gasteiger partial charge in [-0.2, -0.15) is 0 Å². The Morgan fingerprint density at radius 3 is 2.28 bits per heavy atom. The van der Waals surface area contributed by atoms with E-state index in [4.69, 9.17) is 5.73 Å². The molecule has 1 aliphatic rings. The summed E-state index contributed by atoms with van der Waals surface area (Å²) in [5.74, 6) is 0.565. The van der Waals surface area contributed by atoms with Gasteiger partial charge in [0.15, 0.2) is 0 Å². The largest absolute Gasteiger partial charge is 0.390 e. The maximum Gasteiger partial charge on any atom is 0.0689 e. The quantitative estimate of drug-likeness (QED) is 0.862. The first-order valence-electron chi connectivity index (χ1n) is 7.05.